The highest BCUT2D eigenvalue weighted by molar-refractivity contribution is 4.98. The van der Waals surface area contributed by atoms with Gasteiger partial charge in [-0.1, -0.05) is 116 Å². The fourth-order valence-corrected chi connectivity index (χ4v) is 5.92. The van der Waals surface area contributed by atoms with Crippen molar-refractivity contribution in [2.75, 3.05) is 0 Å². The first-order valence-electron chi connectivity index (χ1n) is 11.7. The Labute approximate surface area is 168 Å². The Bertz CT molecular complexity index is 385. The first-order chi connectivity index (χ1) is 11.7. The highest BCUT2D eigenvalue weighted by Gasteiger charge is 2.49. The van der Waals surface area contributed by atoms with E-state index < -0.39 is 0 Å². The summed E-state index contributed by atoms with van der Waals surface area (Å²) in [7, 11) is 0. The Morgan fingerprint density at radius 1 is 0.692 bits per heavy atom. The molecule has 0 heterocycles. The molecule has 0 saturated carbocycles. The van der Waals surface area contributed by atoms with Gasteiger partial charge in [-0.25, -0.2) is 0 Å². The Balaban J connectivity index is 6.13. The van der Waals surface area contributed by atoms with E-state index in [0.29, 0.717) is 16.2 Å². The van der Waals surface area contributed by atoms with Crippen molar-refractivity contribution >= 4 is 0 Å². The average molecular weight is 367 g/mol. The summed E-state index contributed by atoms with van der Waals surface area (Å²) in [5.41, 5.74) is 1.15. The molecule has 6 unspecified atom stereocenters. The number of hydrogen-bond acceptors (Lipinski definition) is 0. The minimum Gasteiger partial charge on any atom is -0.0654 e. The van der Waals surface area contributed by atoms with E-state index in [4.69, 9.17) is 0 Å². The van der Waals surface area contributed by atoms with Crippen LogP contribution in [-0.4, -0.2) is 0 Å². The van der Waals surface area contributed by atoms with Gasteiger partial charge < -0.3 is 0 Å². The standard InChI is InChI=1S/C26H54/c1-14-18-23(25(11,12)20(6)19(5)15-2)22(16-3)26(13,17-4)21(7)24(8,9)10/h19-23H,14-18H2,1-13H3. The highest BCUT2D eigenvalue weighted by Crippen LogP contribution is 2.56. The molecule has 0 aromatic carbocycles. The third-order valence-electron chi connectivity index (χ3n) is 9.05. The third-order valence-corrected chi connectivity index (χ3v) is 9.05. The molecule has 0 aromatic rings. The molecule has 0 amide bonds. The van der Waals surface area contributed by atoms with Crippen LogP contribution in [0.1, 0.15) is 122 Å². The van der Waals surface area contributed by atoms with E-state index in [1.165, 1.54) is 32.1 Å². The molecular formula is C26H54. The molecule has 0 N–H and O–H groups in total. The van der Waals surface area contributed by atoms with Gasteiger partial charge in [0.25, 0.3) is 0 Å². The van der Waals surface area contributed by atoms with Crippen LogP contribution in [0.25, 0.3) is 0 Å². The number of rotatable bonds is 11. The van der Waals surface area contributed by atoms with E-state index in [-0.39, 0.29) is 0 Å². The molecule has 0 heteroatoms. The maximum absolute atomic E-state index is 2.61. The molecule has 0 radical (unpaired) electrons. The molecule has 0 saturated heterocycles. The minimum atomic E-state index is 0.363. The smallest absolute Gasteiger partial charge is 0.0267 e. The van der Waals surface area contributed by atoms with Crippen LogP contribution in [-0.2, 0) is 0 Å². The lowest BCUT2D eigenvalue weighted by Crippen LogP contribution is -2.48. The van der Waals surface area contributed by atoms with Crippen molar-refractivity contribution in [2.24, 2.45) is 45.8 Å². The van der Waals surface area contributed by atoms with Crippen molar-refractivity contribution in [3.63, 3.8) is 0 Å². The zero-order valence-corrected chi connectivity index (χ0v) is 20.9. The Hall–Kier alpha value is 0. The molecule has 0 bridgehead atoms. The third kappa shape index (κ3) is 5.51. The second-order valence-electron chi connectivity index (χ2n) is 11.4. The van der Waals surface area contributed by atoms with Crippen LogP contribution in [0.5, 0.6) is 0 Å². The maximum Gasteiger partial charge on any atom is -0.0267 e. The number of hydrogen-bond donors (Lipinski definition) is 0. The Morgan fingerprint density at radius 3 is 1.50 bits per heavy atom. The zero-order chi connectivity index (χ0) is 20.9. The quantitative estimate of drug-likeness (QED) is 0.342. The highest BCUT2D eigenvalue weighted by atomic mass is 14.5. The van der Waals surface area contributed by atoms with Gasteiger partial charge in [0.05, 0.1) is 0 Å². The van der Waals surface area contributed by atoms with Crippen molar-refractivity contribution in [1.82, 2.24) is 0 Å². The molecule has 0 aromatic heterocycles. The van der Waals surface area contributed by atoms with E-state index >= 15 is 0 Å². The second kappa shape index (κ2) is 9.97. The second-order valence-corrected chi connectivity index (χ2v) is 11.4. The molecule has 0 spiro atoms. The largest absolute Gasteiger partial charge is 0.0654 e. The minimum absolute atomic E-state index is 0.363. The van der Waals surface area contributed by atoms with Gasteiger partial charge >= 0.3 is 0 Å². The van der Waals surface area contributed by atoms with Crippen LogP contribution in [0.3, 0.4) is 0 Å². The lowest BCUT2D eigenvalue weighted by Gasteiger charge is -2.55. The van der Waals surface area contributed by atoms with E-state index in [1.54, 1.807) is 0 Å². The van der Waals surface area contributed by atoms with Crippen LogP contribution < -0.4 is 0 Å². The van der Waals surface area contributed by atoms with E-state index in [2.05, 4.69) is 90.0 Å². The topological polar surface area (TPSA) is 0 Å². The molecule has 0 nitrogen and oxygen atoms in total. The first-order valence-corrected chi connectivity index (χ1v) is 11.7. The van der Waals surface area contributed by atoms with Gasteiger partial charge in [0.2, 0.25) is 0 Å². The van der Waals surface area contributed by atoms with E-state index in [1.807, 2.05) is 0 Å². The summed E-state index contributed by atoms with van der Waals surface area (Å²) in [4.78, 5) is 0. The van der Waals surface area contributed by atoms with Gasteiger partial charge in [-0.3, -0.25) is 0 Å². The lowest BCUT2D eigenvalue weighted by molar-refractivity contribution is -0.0617. The normalized spacial score (nSPS) is 21.6. The molecule has 0 aliphatic rings. The molecule has 6 atom stereocenters. The van der Waals surface area contributed by atoms with Gasteiger partial charge in [0.1, 0.15) is 0 Å². The molecule has 158 valence electrons. The predicted octanol–water partition coefficient (Wildman–Crippen LogP) is 9.24. The van der Waals surface area contributed by atoms with Crippen molar-refractivity contribution in [1.29, 1.82) is 0 Å². The van der Waals surface area contributed by atoms with Crippen LogP contribution in [0.4, 0.5) is 0 Å². The summed E-state index contributed by atoms with van der Waals surface area (Å²) in [6.07, 6.45) is 6.58. The molecular weight excluding hydrogens is 312 g/mol. The Kier molecular flexibility index (Phi) is 9.97. The summed E-state index contributed by atoms with van der Waals surface area (Å²) < 4.78 is 0. The van der Waals surface area contributed by atoms with Gasteiger partial charge in [0.15, 0.2) is 0 Å². The Morgan fingerprint density at radius 2 is 1.19 bits per heavy atom. The summed E-state index contributed by atoms with van der Waals surface area (Å²) in [5.74, 6) is 3.89. The monoisotopic (exact) mass is 366 g/mol. The van der Waals surface area contributed by atoms with Gasteiger partial charge in [0, 0.05) is 0 Å². The fraction of sp³-hybridized carbons (Fsp3) is 1.00. The zero-order valence-electron chi connectivity index (χ0n) is 20.9. The predicted molar refractivity (Wildman–Crippen MR) is 122 cm³/mol. The summed E-state index contributed by atoms with van der Waals surface area (Å²) in [5, 5.41) is 0. The van der Waals surface area contributed by atoms with E-state index in [0.717, 1.165) is 29.6 Å². The van der Waals surface area contributed by atoms with Gasteiger partial charge in [-0.15, -0.1) is 0 Å². The van der Waals surface area contributed by atoms with Crippen molar-refractivity contribution < 1.29 is 0 Å². The van der Waals surface area contributed by atoms with Crippen molar-refractivity contribution in [3.8, 4) is 0 Å². The molecule has 0 aliphatic carbocycles. The van der Waals surface area contributed by atoms with Crippen LogP contribution in [0.15, 0.2) is 0 Å². The maximum atomic E-state index is 2.61. The van der Waals surface area contributed by atoms with Crippen LogP contribution in [0.2, 0.25) is 0 Å². The van der Waals surface area contributed by atoms with Crippen molar-refractivity contribution in [2.45, 2.75) is 122 Å². The van der Waals surface area contributed by atoms with E-state index in [9.17, 15) is 0 Å². The van der Waals surface area contributed by atoms with Crippen molar-refractivity contribution in [3.05, 3.63) is 0 Å². The fourth-order valence-electron chi connectivity index (χ4n) is 5.92. The molecule has 0 aliphatic heterocycles. The van der Waals surface area contributed by atoms with Crippen LogP contribution in [0, 0.1) is 45.8 Å². The lowest BCUT2D eigenvalue weighted by atomic mass is 9.50. The molecule has 26 heavy (non-hydrogen) atoms. The van der Waals surface area contributed by atoms with Gasteiger partial charge in [-0.2, -0.15) is 0 Å². The summed E-state index contributed by atoms with van der Waals surface area (Å²) >= 11 is 0. The first kappa shape index (κ1) is 26.0. The van der Waals surface area contributed by atoms with Crippen LogP contribution >= 0.6 is 0 Å². The summed E-state index contributed by atoms with van der Waals surface area (Å²) in [6.45, 7) is 32.3. The van der Waals surface area contributed by atoms with Gasteiger partial charge in [-0.05, 0) is 52.3 Å². The SMILES string of the molecule is CCCC(C(CC)C(C)(CC)C(C)C(C)(C)C)C(C)(C)C(C)C(C)CC. The average Bonchev–Trinajstić information content (AvgIpc) is 2.58. The summed E-state index contributed by atoms with van der Waals surface area (Å²) in [6, 6.07) is 0. The molecule has 0 fully saturated rings. The molecule has 0 rings (SSSR count).